The third kappa shape index (κ3) is 18.9. The van der Waals surface area contributed by atoms with E-state index in [4.69, 9.17) is 44.2 Å². The van der Waals surface area contributed by atoms with Crippen molar-refractivity contribution in [1.29, 1.82) is 0 Å². The number of carboxylic acids is 2. The van der Waals surface area contributed by atoms with Crippen LogP contribution in [-0.4, -0.2) is 63.1 Å². The van der Waals surface area contributed by atoms with E-state index in [-0.39, 0.29) is 122 Å². The van der Waals surface area contributed by atoms with Crippen LogP contribution in [0.5, 0.6) is 0 Å². The van der Waals surface area contributed by atoms with Crippen LogP contribution in [-0.2, 0) is 31.6 Å². The zero-order chi connectivity index (χ0) is 37.4. The third-order valence-electron chi connectivity index (χ3n) is 5.53. The molecule has 0 aliphatic carbocycles. The molecule has 0 aliphatic rings. The average molecular weight is 765 g/mol. The van der Waals surface area contributed by atoms with E-state index in [9.17, 15) is 45.4 Å². The van der Waals surface area contributed by atoms with Gasteiger partial charge >= 0.3 is 127 Å². The van der Waals surface area contributed by atoms with Crippen molar-refractivity contribution in [3.8, 4) is 0 Å². The summed E-state index contributed by atoms with van der Waals surface area (Å²) in [5.41, 5.74) is 0.556. The van der Waals surface area contributed by atoms with E-state index in [1.165, 1.54) is 19.9 Å². The second kappa shape index (κ2) is 25.2. The van der Waals surface area contributed by atoms with Crippen LogP contribution in [0.25, 0.3) is 9.69 Å². The second-order valence-electron chi connectivity index (χ2n) is 8.92. The maximum Gasteiger partial charge on any atom is 1.00 e. The number of benzene rings is 2. The smallest absolute Gasteiger partial charge is 1.00 e. The number of aliphatic hydroxyl groups is 2. The fraction of sp³-hybridized carbons (Fsp3) is 0.370. The van der Waals surface area contributed by atoms with E-state index in [0.717, 1.165) is 32.0 Å². The molecule has 0 aliphatic heterocycles. The van der Waals surface area contributed by atoms with Gasteiger partial charge in [0.05, 0.1) is 36.5 Å². The first-order valence-corrected chi connectivity index (χ1v) is 12.3. The van der Waals surface area contributed by atoms with Gasteiger partial charge in [-0.25, -0.2) is 18.9 Å². The van der Waals surface area contributed by atoms with Gasteiger partial charge in [0.15, 0.2) is 17.4 Å². The van der Waals surface area contributed by atoms with Gasteiger partial charge in [-0.3, -0.25) is 9.59 Å². The molecule has 4 atom stereocenters. The van der Waals surface area contributed by atoms with Crippen molar-refractivity contribution in [2.24, 2.45) is 5.73 Å². The normalized spacial score (nSPS) is 12.5. The number of halogens is 7. The minimum Gasteiger partial charge on any atom is -1.00 e. The first-order chi connectivity index (χ1) is 21.4. The molecule has 22 heteroatoms. The number of alkyl halides is 6. The van der Waals surface area contributed by atoms with Gasteiger partial charge in [0.2, 0.25) is 0 Å². The van der Waals surface area contributed by atoms with Crippen LogP contribution in [0.15, 0.2) is 24.3 Å². The second-order valence-corrected chi connectivity index (χ2v) is 8.92. The van der Waals surface area contributed by atoms with Crippen molar-refractivity contribution in [2.75, 3.05) is 5.32 Å². The number of aliphatic carboxylic acids is 2. The summed E-state index contributed by atoms with van der Waals surface area (Å²) in [7, 11) is 0. The zero-order valence-corrected chi connectivity index (χ0v) is 32.9. The van der Waals surface area contributed by atoms with Gasteiger partial charge in [-0.1, -0.05) is 12.1 Å². The van der Waals surface area contributed by atoms with Crippen LogP contribution in [0.3, 0.4) is 0 Å². The molecule has 0 aromatic heterocycles. The Bertz CT molecular complexity index is 1470. The van der Waals surface area contributed by atoms with Gasteiger partial charge < -0.3 is 43.0 Å². The summed E-state index contributed by atoms with van der Waals surface area (Å²) >= 11 is 0. The molecule has 0 saturated carbocycles. The molecular formula is C27H29F7K2N4O9. The van der Waals surface area contributed by atoms with E-state index in [1.54, 1.807) is 0 Å². The van der Waals surface area contributed by atoms with Crippen molar-refractivity contribution >= 4 is 35.5 Å². The number of aliphatic hydroxyl groups excluding tert-OH is 2. The predicted molar refractivity (Wildman–Crippen MR) is 147 cm³/mol. The molecule has 13 nitrogen and oxygen atoms in total. The number of rotatable bonds is 7. The van der Waals surface area contributed by atoms with Gasteiger partial charge in [-0.15, -0.1) is 0 Å². The van der Waals surface area contributed by atoms with E-state index in [2.05, 4.69) is 19.9 Å². The van der Waals surface area contributed by atoms with Gasteiger partial charge in [-0.2, -0.15) is 26.3 Å². The largest absolute Gasteiger partial charge is 1.00 e. The Kier molecular flexibility index (Phi) is 27.8. The molecule has 0 heterocycles. The fourth-order valence-corrected chi connectivity index (χ4v) is 3.19. The molecule has 0 fully saturated rings. The molecule has 0 bridgehead atoms. The number of carbonyl (C=O) groups excluding carboxylic acids is 1. The first-order valence-electron chi connectivity index (χ1n) is 12.3. The molecule has 2 rings (SSSR count). The summed E-state index contributed by atoms with van der Waals surface area (Å²) in [6.45, 7) is 17.8. The number of hydrogen-bond donors (Lipinski definition) is 6. The molecule has 2 aromatic carbocycles. The summed E-state index contributed by atoms with van der Waals surface area (Å²) < 4.78 is 88.9. The Labute approximate surface area is 361 Å². The zero-order valence-electron chi connectivity index (χ0n) is 27.6. The Morgan fingerprint density at radius 2 is 1.29 bits per heavy atom. The van der Waals surface area contributed by atoms with E-state index in [1.807, 2.05) is 0 Å². The number of carboxylic acid groups (broad SMARTS) is 2. The molecule has 49 heavy (non-hydrogen) atoms. The van der Waals surface area contributed by atoms with Gasteiger partial charge in [-0.05, 0) is 51.0 Å². The molecule has 0 saturated heterocycles. The van der Waals surface area contributed by atoms with Crippen LogP contribution in [0.2, 0.25) is 0 Å². The maximum atomic E-state index is 13.0. The van der Waals surface area contributed by atoms with Crippen LogP contribution >= 0.6 is 0 Å². The SMILES string of the molecule is C[C@@H](O)[C@@H](N)C(=O)O.O=CO[O-].[C-]#[N+]c1ccc(F)c(C)c1C(F)(F)F.[C-]#[N+]c1ccc(N[C@@H](C(=O)O)[C@@H](C)O)c(C)c1C(F)(F)F.[H-].[K+].[K+]. The predicted octanol–water partition coefficient (Wildman–Crippen LogP) is -2.15. The number of nitrogens with two attached hydrogens (primary N) is 1. The van der Waals surface area contributed by atoms with Crippen LogP contribution < -0.4 is 119 Å². The molecule has 0 unspecified atom stereocenters. The number of carbonyl (C=O) groups is 3. The average Bonchev–Trinajstić information content (AvgIpc) is 2.96. The molecular weight excluding hydrogens is 735 g/mol. The topological polar surface area (TPSA) is 211 Å². The monoisotopic (exact) mass is 764 g/mol. The van der Waals surface area contributed by atoms with Crippen molar-refractivity contribution in [1.82, 2.24) is 0 Å². The number of anilines is 1. The van der Waals surface area contributed by atoms with Gasteiger partial charge in [0.25, 0.3) is 6.47 Å². The van der Waals surface area contributed by atoms with E-state index < -0.39 is 82.5 Å². The molecule has 2 aromatic rings. The quantitative estimate of drug-likeness (QED) is 0.0447. The summed E-state index contributed by atoms with van der Waals surface area (Å²) in [5, 5.41) is 45.6. The van der Waals surface area contributed by atoms with Crippen molar-refractivity contribution < 1.29 is 180 Å². The Morgan fingerprint density at radius 1 is 0.898 bits per heavy atom. The van der Waals surface area contributed by atoms with Crippen molar-refractivity contribution in [3.05, 3.63) is 75.2 Å². The molecule has 7 N–H and O–H groups in total. The van der Waals surface area contributed by atoms with Gasteiger partial charge in [0, 0.05) is 5.69 Å². The minimum absolute atomic E-state index is 0. The summed E-state index contributed by atoms with van der Waals surface area (Å²) in [5.74, 6) is -3.53. The van der Waals surface area contributed by atoms with E-state index >= 15 is 0 Å². The summed E-state index contributed by atoms with van der Waals surface area (Å²) in [6.07, 6.45) is -11.7. The minimum atomic E-state index is -4.73. The molecule has 0 amide bonds. The maximum absolute atomic E-state index is 13.0. The molecule has 0 spiro atoms. The Hall–Kier alpha value is -1.75. The van der Waals surface area contributed by atoms with Crippen molar-refractivity contribution in [3.63, 3.8) is 0 Å². The Morgan fingerprint density at radius 3 is 1.55 bits per heavy atom. The van der Waals surface area contributed by atoms with Crippen LogP contribution in [0.1, 0.15) is 37.5 Å². The van der Waals surface area contributed by atoms with Crippen LogP contribution in [0, 0.1) is 32.8 Å². The van der Waals surface area contributed by atoms with Crippen LogP contribution in [0.4, 0.5) is 47.8 Å². The molecule has 262 valence electrons. The number of hydrogen-bond acceptors (Lipinski definition) is 9. The third-order valence-corrected chi connectivity index (χ3v) is 5.53. The Balaban J connectivity index is -0.000000202. The van der Waals surface area contributed by atoms with E-state index in [0.29, 0.717) is 0 Å². The summed E-state index contributed by atoms with van der Waals surface area (Å²) in [6, 6.07) is 1.23. The first kappa shape index (κ1) is 54.0. The fourth-order valence-electron chi connectivity index (χ4n) is 3.19. The van der Waals surface area contributed by atoms with Gasteiger partial charge in [0.1, 0.15) is 11.9 Å². The number of nitrogens with one attached hydrogen (secondary N) is 1. The number of nitrogens with zero attached hydrogens (tertiary/aromatic N) is 2. The molecule has 0 radical (unpaired) electrons. The van der Waals surface area contributed by atoms with Crippen molar-refractivity contribution in [2.45, 2.75) is 64.3 Å². The standard InChI is InChI=1S/C13H13F3N2O3.C9H5F4N.C4H9NO3.CH2O3.2K.H/c1-6-8(18-11(7(2)19)12(20)21)4-5-9(17-3)10(6)13(14,15)16;1-5-6(10)3-4-7(14-2)8(5)9(11,12)13;1-2(6)3(5)4(7)8;2-1-4-3;;;/h4-5,7,11,18-19H,1-2H3,(H,20,21);3-4H,1H3;2-3,6H,5H2,1H3,(H,7,8);1,3H;;;/q;;;;2*+1;-1/p-1/t7-,11-;;2-,3-;;;;/m1.1..../s1. The summed E-state index contributed by atoms with van der Waals surface area (Å²) in [4.78, 5) is 37.6.